The first-order chi connectivity index (χ1) is 14.2. The summed E-state index contributed by atoms with van der Waals surface area (Å²) in [5.41, 5.74) is 8.05. The first kappa shape index (κ1) is 19.3. The van der Waals surface area contributed by atoms with Crippen molar-refractivity contribution in [1.82, 2.24) is 0 Å². The number of fused-ring (bicyclic) bond motifs is 2. The maximum atomic E-state index is 6.20. The second-order valence-electron chi connectivity index (χ2n) is 7.51. The van der Waals surface area contributed by atoms with Gasteiger partial charge < -0.3 is 15.2 Å². The molecular weight excluding hydrogens is 358 g/mol. The molecule has 0 fully saturated rings. The lowest BCUT2D eigenvalue weighted by Crippen LogP contribution is -2.12. The molecule has 3 nitrogen and oxygen atoms in total. The third-order valence-electron chi connectivity index (χ3n) is 5.09. The first-order valence-electron chi connectivity index (χ1n) is 10.2. The molecule has 0 atom stereocenters. The van der Waals surface area contributed by atoms with E-state index < -0.39 is 0 Å². The SMILES string of the molecule is CC(C)Oc1ccc2ccccc2c1Cc1c(OCCN)ccc2ccccc12. The van der Waals surface area contributed by atoms with Crippen molar-refractivity contribution in [1.29, 1.82) is 0 Å². The van der Waals surface area contributed by atoms with Gasteiger partial charge in [0.05, 0.1) is 6.10 Å². The van der Waals surface area contributed by atoms with E-state index in [0.29, 0.717) is 13.2 Å². The van der Waals surface area contributed by atoms with Crippen molar-refractivity contribution in [3.63, 3.8) is 0 Å². The Labute approximate surface area is 172 Å². The van der Waals surface area contributed by atoms with E-state index in [1.165, 1.54) is 32.7 Å². The minimum absolute atomic E-state index is 0.107. The molecule has 4 rings (SSSR count). The standard InChI is InChI=1S/C26H27NO2/c1-18(2)29-26-14-12-20-8-4-6-10-22(20)24(26)17-23-21-9-5-3-7-19(21)11-13-25(23)28-16-15-27/h3-14,18H,15-17,27H2,1-2H3. The molecule has 3 heteroatoms. The van der Waals surface area contributed by atoms with E-state index in [1.807, 2.05) is 0 Å². The summed E-state index contributed by atoms with van der Waals surface area (Å²) in [6, 6.07) is 25.3. The van der Waals surface area contributed by atoms with Gasteiger partial charge in [0.1, 0.15) is 18.1 Å². The lowest BCUT2D eigenvalue weighted by atomic mass is 9.93. The summed E-state index contributed by atoms with van der Waals surface area (Å²) < 4.78 is 12.2. The van der Waals surface area contributed by atoms with Crippen LogP contribution in [-0.2, 0) is 6.42 Å². The van der Waals surface area contributed by atoms with Gasteiger partial charge in [-0.05, 0) is 47.5 Å². The number of hydrogen-bond donors (Lipinski definition) is 1. The van der Waals surface area contributed by atoms with Crippen LogP contribution >= 0.6 is 0 Å². The molecule has 4 aromatic rings. The Morgan fingerprint density at radius 2 is 1.28 bits per heavy atom. The van der Waals surface area contributed by atoms with Crippen LogP contribution in [0.4, 0.5) is 0 Å². The van der Waals surface area contributed by atoms with Crippen LogP contribution in [0.25, 0.3) is 21.5 Å². The molecule has 0 amide bonds. The van der Waals surface area contributed by atoms with Gasteiger partial charge in [-0.25, -0.2) is 0 Å². The molecule has 0 radical (unpaired) electrons. The molecule has 0 aromatic heterocycles. The van der Waals surface area contributed by atoms with Crippen LogP contribution in [0.3, 0.4) is 0 Å². The third-order valence-corrected chi connectivity index (χ3v) is 5.09. The molecular formula is C26H27NO2. The molecule has 148 valence electrons. The van der Waals surface area contributed by atoms with E-state index in [1.54, 1.807) is 0 Å². The Balaban J connectivity index is 1.91. The van der Waals surface area contributed by atoms with Crippen LogP contribution in [0.15, 0.2) is 72.8 Å². The highest BCUT2D eigenvalue weighted by atomic mass is 16.5. The topological polar surface area (TPSA) is 44.5 Å². The summed E-state index contributed by atoms with van der Waals surface area (Å²) in [4.78, 5) is 0. The minimum Gasteiger partial charge on any atom is -0.492 e. The van der Waals surface area contributed by atoms with Gasteiger partial charge in [-0.1, -0.05) is 60.7 Å². The average molecular weight is 386 g/mol. The Morgan fingerprint density at radius 3 is 1.86 bits per heavy atom. The van der Waals surface area contributed by atoms with E-state index in [0.717, 1.165) is 17.9 Å². The van der Waals surface area contributed by atoms with Crippen molar-refractivity contribution in [2.24, 2.45) is 5.73 Å². The fourth-order valence-corrected chi connectivity index (χ4v) is 3.84. The largest absolute Gasteiger partial charge is 0.492 e. The van der Waals surface area contributed by atoms with Crippen LogP contribution in [0.1, 0.15) is 25.0 Å². The van der Waals surface area contributed by atoms with Crippen LogP contribution in [0, 0.1) is 0 Å². The highest BCUT2D eigenvalue weighted by Crippen LogP contribution is 2.36. The van der Waals surface area contributed by atoms with Crippen molar-refractivity contribution >= 4 is 21.5 Å². The van der Waals surface area contributed by atoms with E-state index in [9.17, 15) is 0 Å². The lowest BCUT2D eigenvalue weighted by Gasteiger charge is -2.19. The van der Waals surface area contributed by atoms with Gasteiger partial charge in [-0.3, -0.25) is 0 Å². The Hall–Kier alpha value is -3.04. The number of hydrogen-bond acceptors (Lipinski definition) is 3. The molecule has 29 heavy (non-hydrogen) atoms. The third kappa shape index (κ3) is 4.06. The van der Waals surface area contributed by atoms with Crippen molar-refractivity contribution in [3.05, 3.63) is 83.9 Å². The van der Waals surface area contributed by atoms with Crippen LogP contribution in [0.5, 0.6) is 11.5 Å². The summed E-state index contributed by atoms with van der Waals surface area (Å²) in [6.07, 6.45) is 0.834. The van der Waals surface area contributed by atoms with Crippen molar-refractivity contribution in [2.45, 2.75) is 26.4 Å². The molecule has 0 spiro atoms. The van der Waals surface area contributed by atoms with Gasteiger partial charge in [0.15, 0.2) is 0 Å². The smallest absolute Gasteiger partial charge is 0.123 e. The Bertz CT molecular complexity index is 1130. The van der Waals surface area contributed by atoms with Gasteiger partial charge in [-0.2, -0.15) is 0 Å². The van der Waals surface area contributed by atoms with Gasteiger partial charge in [0.25, 0.3) is 0 Å². The van der Waals surface area contributed by atoms with Crippen molar-refractivity contribution in [3.8, 4) is 11.5 Å². The molecule has 0 bridgehead atoms. The minimum atomic E-state index is 0.107. The first-order valence-corrected chi connectivity index (χ1v) is 10.2. The molecule has 0 heterocycles. The summed E-state index contributed by atoms with van der Waals surface area (Å²) in [5.74, 6) is 1.81. The molecule has 0 aliphatic carbocycles. The molecule has 0 aliphatic rings. The second kappa shape index (κ2) is 8.54. The van der Waals surface area contributed by atoms with E-state index >= 15 is 0 Å². The summed E-state index contributed by atoms with van der Waals surface area (Å²) >= 11 is 0. The zero-order chi connectivity index (χ0) is 20.2. The quantitative estimate of drug-likeness (QED) is 0.443. The maximum absolute atomic E-state index is 6.20. The van der Waals surface area contributed by atoms with Crippen LogP contribution < -0.4 is 15.2 Å². The van der Waals surface area contributed by atoms with Gasteiger partial charge in [-0.15, -0.1) is 0 Å². The highest BCUT2D eigenvalue weighted by molar-refractivity contribution is 5.91. The molecule has 4 aromatic carbocycles. The zero-order valence-electron chi connectivity index (χ0n) is 17.0. The Kier molecular flexibility index (Phi) is 5.68. The van der Waals surface area contributed by atoms with E-state index in [-0.39, 0.29) is 6.10 Å². The average Bonchev–Trinajstić information content (AvgIpc) is 2.74. The van der Waals surface area contributed by atoms with Gasteiger partial charge >= 0.3 is 0 Å². The maximum Gasteiger partial charge on any atom is 0.123 e. The van der Waals surface area contributed by atoms with Crippen LogP contribution in [-0.4, -0.2) is 19.3 Å². The van der Waals surface area contributed by atoms with E-state index in [2.05, 4.69) is 86.6 Å². The second-order valence-corrected chi connectivity index (χ2v) is 7.51. The fourth-order valence-electron chi connectivity index (χ4n) is 3.84. The number of benzene rings is 4. The number of nitrogens with two attached hydrogens (primary N) is 1. The van der Waals surface area contributed by atoms with Gasteiger partial charge in [0.2, 0.25) is 0 Å². The number of ether oxygens (including phenoxy) is 2. The van der Waals surface area contributed by atoms with Crippen LogP contribution in [0.2, 0.25) is 0 Å². The molecule has 0 aliphatic heterocycles. The fraction of sp³-hybridized carbons (Fsp3) is 0.231. The molecule has 0 unspecified atom stereocenters. The van der Waals surface area contributed by atoms with E-state index in [4.69, 9.17) is 15.2 Å². The predicted octanol–water partition coefficient (Wildman–Crippen LogP) is 5.71. The summed E-state index contributed by atoms with van der Waals surface area (Å²) in [7, 11) is 0. The molecule has 2 N–H and O–H groups in total. The summed E-state index contributed by atoms with van der Waals surface area (Å²) in [5, 5.41) is 4.83. The predicted molar refractivity (Wildman–Crippen MR) is 121 cm³/mol. The normalized spacial score (nSPS) is 11.3. The lowest BCUT2D eigenvalue weighted by molar-refractivity contribution is 0.240. The molecule has 0 saturated carbocycles. The van der Waals surface area contributed by atoms with Gasteiger partial charge in [0, 0.05) is 24.1 Å². The summed E-state index contributed by atoms with van der Waals surface area (Å²) in [6.45, 7) is 5.11. The monoisotopic (exact) mass is 385 g/mol. The van der Waals surface area contributed by atoms with Crippen molar-refractivity contribution < 1.29 is 9.47 Å². The highest BCUT2D eigenvalue weighted by Gasteiger charge is 2.16. The molecule has 0 saturated heterocycles. The Morgan fingerprint density at radius 1 is 0.724 bits per heavy atom. The zero-order valence-corrected chi connectivity index (χ0v) is 17.0. The van der Waals surface area contributed by atoms with Crippen molar-refractivity contribution in [2.75, 3.05) is 13.2 Å². The number of rotatable bonds is 7.